The molecule has 0 saturated heterocycles. The molecular weight excluding hydrogens is 228 g/mol. The highest BCUT2D eigenvalue weighted by Crippen LogP contribution is 2.02. The van der Waals surface area contributed by atoms with Crippen molar-refractivity contribution in [1.82, 2.24) is 10.2 Å². The second-order valence-corrected chi connectivity index (χ2v) is 6.43. The van der Waals surface area contributed by atoms with E-state index in [-0.39, 0.29) is 11.6 Å². The lowest BCUT2D eigenvalue weighted by atomic mass is 10.1. The molecule has 4 nitrogen and oxygen atoms in total. The van der Waals surface area contributed by atoms with Crippen molar-refractivity contribution in [2.45, 2.75) is 46.3 Å². The number of nitrogens with zero attached hydrogens (tertiary/aromatic N) is 1. The Bertz CT molecular complexity index is 202. The Kier molecular flexibility index (Phi) is 8.78. The van der Waals surface area contributed by atoms with Crippen LogP contribution in [0, 0.1) is 5.92 Å². The number of hydrogen-bond donors (Lipinski definition) is 2. The molecule has 0 aliphatic rings. The maximum Gasteiger partial charge on any atom is 0.0791 e. The second kappa shape index (κ2) is 8.86. The van der Waals surface area contributed by atoms with Crippen LogP contribution in [-0.4, -0.2) is 61.5 Å². The summed E-state index contributed by atoms with van der Waals surface area (Å²) in [6.07, 6.45) is -0.333. The Morgan fingerprint density at radius 1 is 1.22 bits per heavy atom. The zero-order valence-corrected chi connectivity index (χ0v) is 13.0. The van der Waals surface area contributed by atoms with Gasteiger partial charge in [-0.3, -0.25) is 4.90 Å². The van der Waals surface area contributed by atoms with Crippen molar-refractivity contribution in [2.75, 3.05) is 39.9 Å². The Morgan fingerprint density at radius 2 is 1.83 bits per heavy atom. The molecule has 0 aromatic carbocycles. The standard InChI is InChI=1S/C14H32N2O2/c1-12(2)10-16(7-8-18-6)11-13(17)9-15-14(3,4)5/h12-13,15,17H,7-11H2,1-6H3. The summed E-state index contributed by atoms with van der Waals surface area (Å²) in [6.45, 7) is 14.6. The summed E-state index contributed by atoms with van der Waals surface area (Å²) in [5, 5.41) is 13.4. The van der Waals surface area contributed by atoms with E-state index in [2.05, 4.69) is 44.8 Å². The van der Waals surface area contributed by atoms with Gasteiger partial charge in [0.25, 0.3) is 0 Å². The van der Waals surface area contributed by atoms with E-state index in [9.17, 15) is 5.11 Å². The van der Waals surface area contributed by atoms with Crippen LogP contribution in [0.5, 0.6) is 0 Å². The minimum absolute atomic E-state index is 0.0520. The topological polar surface area (TPSA) is 44.7 Å². The number of rotatable bonds is 9. The molecule has 0 bridgehead atoms. The van der Waals surface area contributed by atoms with Crippen molar-refractivity contribution in [3.05, 3.63) is 0 Å². The van der Waals surface area contributed by atoms with Gasteiger partial charge in [-0.25, -0.2) is 0 Å². The Hall–Kier alpha value is -0.160. The molecule has 2 N–H and O–H groups in total. The average molecular weight is 260 g/mol. The molecular formula is C14H32N2O2. The summed E-state index contributed by atoms with van der Waals surface area (Å²) in [5.74, 6) is 0.602. The highest BCUT2D eigenvalue weighted by Gasteiger charge is 2.15. The zero-order valence-electron chi connectivity index (χ0n) is 13.0. The van der Waals surface area contributed by atoms with Gasteiger partial charge in [-0.05, 0) is 26.7 Å². The SMILES string of the molecule is COCCN(CC(C)C)CC(O)CNC(C)(C)C. The molecule has 0 saturated carbocycles. The molecule has 0 aliphatic heterocycles. The van der Waals surface area contributed by atoms with Crippen LogP contribution in [0.15, 0.2) is 0 Å². The molecule has 0 aliphatic carbocycles. The van der Waals surface area contributed by atoms with E-state index >= 15 is 0 Å². The van der Waals surface area contributed by atoms with Crippen molar-refractivity contribution < 1.29 is 9.84 Å². The number of methoxy groups -OCH3 is 1. The number of nitrogens with one attached hydrogen (secondary N) is 1. The summed E-state index contributed by atoms with van der Waals surface area (Å²) in [5.41, 5.74) is 0.0520. The second-order valence-electron chi connectivity index (χ2n) is 6.43. The first-order chi connectivity index (χ1) is 8.24. The number of aliphatic hydroxyl groups is 1. The third-order valence-electron chi connectivity index (χ3n) is 2.57. The van der Waals surface area contributed by atoms with Crippen LogP contribution >= 0.6 is 0 Å². The molecule has 0 aromatic heterocycles. The van der Waals surface area contributed by atoms with E-state index in [4.69, 9.17) is 4.74 Å². The summed E-state index contributed by atoms with van der Waals surface area (Å²) < 4.78 is 5.11. The third-order valence-corrected chi connectivity index (χ3v) is 2.57. The molecule has 4 heteroatoms. The van der Waals surface area contributed by atoms with Crippen LogP contribution < -0.4 is 5.32 Å². The number of hydrogen-bond acceptors (Lipinski definition) is 4. The van der Waals surface area contributed by atoms with Crippen molar-refractivity contribution in [2.24, 2.45) is 5.92 Å². The van der Waals surface area contributed by atoms with Crippen molar-refractivity contribution in [3.63, 3.8) is 0 Å². The summed E-state index contributed by atoms with van der Waals surface area (Å²) in [6, 6.07) is 0. The predicted molar refractivity (Wildman–Crippen MR) is 76.9 cm³/mol. The number of β-amino-alcohol motifs (C(OH)–C–C–N with tert-alkyl or cyclic N) is 1. The summed E-state index contributed by atoms with van der Waals surface area (Å²) in [4.78, 5) is 2.27. The van der Waals surface area contributed by atoms with E-state index in [1.807, 2.05) is 0 Å². The molecule has 0 aromatic rings. The minimum atomic E-state index is -0.333. The van der Waals surface area contributed by atoms with Crippen LogP contribution in [0.3, 0.4) is 0 Å². The molecule has 1 atom stereocenters. The lowest BCUT2D eigenvalue weighted by Gasteiger charge is -2.28. The van der Waals surface area contributed by atoms with Gasteiger partial charge in [0.1, 0.15) is 0 Å². The summed E-state index contributed by atoms with van der Waals surface area (Å²) in [7, 11) is 1.71. The molecule has 110 valence electrons. The highest BCUT2D eigenvalue weighted by molar-refractivity contribution is 4.75. The smallest absolute Gasteiger partial charge is 0.0791 e. The molecule has 0 amide bonds. The van der Waals surface area contributed by atoms with Gasteiger partial charge in [0.2, 0.25) is 0 Å². The van der Waals surface area contributed by atoms with Crippen molar-refractivity contribution in [3.8, 4) is 0 Å². The van der Waals surface area contributed by atoms with Crippen molar-refractivity contribution in [1.29, 1.82) is 0 Å². The van der Waals surface area contributed by atoms with Gasteiger partial charge >= 0.3 is 0 Å². The fraction of sp³-hybridized carbons (Fsp3) is 1.00. The minimum Gasteiger partial charge on any atom is -0.390 e. The predicted octanol–water partition coefficient (Wildman–Crippen LogP) is 1.34. The Balaban J connectivity index is 4.04. The first-order valence-electron chi connectivity index (χ1n) is 6.89. The molecule has 0 spiro atoms. The molecule has 0 radical (unpaired) electrons. The monoisotopic (exact) mass is 260 g/mol. The molecule has 0 heterocycles. The van der Waals surface area contributed by atoms with E-state index in [0.717, 1.165) is 13.1 Å². The molecule has 1 unspecified atom stereocenters. The van der Waals surface area contributed by atoms with Crippen LogP contribution in [0.2, 0.25) is 0 Å². The van der Waals surface area contributed by atoms with Gasteiger partial charge in [0.15, 0.2) is 0 Å². The van der Waals surface area contributed by atoms with Gasteiger partial charge in [0, 0.05) is 38.8 Å². The Labute approximate surface area is 113 Å². The Morgan fingerprint density at radius 3 is 2.28 bits per heavy atom. The lowest BCUT2D eigenvalue weighted by Crippen LogP contribution is -2.45. The van der Waals surface area contributed by atoms with Crippen molar-refractivity contribution >= 4 is 0 Å². The van der Waals surface area contributed by atoms with Crippen LogP contribution in [0.1, 0.15) is 34.6 Å². The first-order valence-corrected chi connectivity index (χ1v) is 6.89. The molecule has 0 rings (SSSR count). The van der Waals surface area contributed by atoms with Gasteiger partial charge in [0.05, 0.1) is 12.7 Å². The molecule has 0 fully saturated rings. The van der Waals surface area contributed by atoms with Crippen LogP contribution in [0.25, 0.3) is 0 Å². The van der Waals surface area contributed by atoms with E-state index < -0.39 is 0 Å². The van der Waals surface area contributed by atoms with Gasteiger partial charge in [-0.2, -0.15) is 0 Å². The van der Waals surface area contributed by atoms with Gasteiger partial charge in [-0.1, -0.05) is 13.8 Å². The van der Waals surface area contributed by atoms with Crippen LogP contribution in [0.4, 0.5) is 0 Å². The lowest BCUT2D eigenvalue weighted by molar-refractivity contribution is 0.0786. The van der Waals surface area contributed by atoms with Crippen LogP contribution in [-0.2, 0) is 4.74 Å². The fourth-order valence-electron chi connectivity index (χ4n) is 1.78. The van der Waals surface area contributed by atoms with E-state index in [1.165, 1.54) is 0 Å². The highest BCUT2D eigenvalue weighted by atomic mass is 16.5. The maximum absolute atomic E-state index is 10.1. The van der Waals surface area contributed by atoms with Gasteiger partial charge in [-0.15, -0.1) is 0 Å². The maximum atomic E-state index is 10.1. The van der Waals surface area contributed by atoms with E-state index in [1.54, 1.807) is 7.11 Å². The quantitative estimate of drug-likeness (QED) is 0.657. The third kappa shape index (κ3) is 11.0. The fourth-order valence-corrected chi connectivity index (χ4v) is 1.78. The average Bonchev–Trinajstić information content (AvgIpc) is 2.21. The zero-order chi connectivity index (χ0) is 14.2. The normalized spacial score (nSPS) is 14.5. The van der Waals surface area contributed by atoms with Gasteiger partial charge < -0.3 is 15.2 Å². The number of ether oxygens (including phenoxy) is 1. The molecule has 18 heavy (non-hydrogen) atoms. The number of aliphatic hydroxyl groups excluding tert-OH is 1. The first kappa shape index (κ1) is 17.8. The van der Waals surface area contributed by atoms with E-state index in [0.29, 0.717) is 25.6 Å². The summed E-state index contributed by atoms with van der Waals surface area (Å²) >= 11 is 0. The largest absolute Gasteiger partial charge is 0.390 e.